The molecule has 6 rings (SSSR count). The average molecular weight is 303 g/mol. The molecule has 0 aliphatic rings. The molecule has 0 radical (unpaired) electrons. The fraction of sp³-hybridized carbons (Fsp3) is 0. The van der Waals surface area contributed by atoms with Crippen LogP contribution in [-0.4, -0.2) is 4.98 Å². The molecule has 6 aromatic rings. The molecule has 1 nitrogen and oxygen atoms in total. The predicted octanol–water partition coefficient (Wildman–Crippen LogP) is 6.29. The molecule has 0 aliphatic heterocycles. The van der Waals surface area contributed by atoms with E-state index in [-0.39, 0.29) is 0 Å². The molecule has 0 bridgehead atoms. The van der Waals surface area contributed by atoms with Gasteiger partial charge in [-0.3, -0.25) is 4.98 Å². The van der Waals surface area contributed by atoms with Crippen LogP contribution in [0.15, 0.2) is 79.1 Å². The quantitative estimate of drug-likeness (QED) is 0.237. The van der Waals surface area contributed by atoms with Crippen LogP contribution in [0.3, 0.4) is 0 Å². The molecule has 0 saturated heterocycles. The van der Waals surface area contributed by atoms with E-state index in [0.29, 0.717) is 0 Å². The summed E-state index contributed by atoms with van der Waals surface area (Å²) in [5.74, 6) is 0. The van der Waals surface area contributed by atoms with Crippen molar-refractivity contribution in [3.05, 3.63) is 79.1 Å². The van der Waals surface area contributed by atoms with Crippen molar-refractivity contribution in [2.24, 2.45) is 0 Å². The fourth-order valence-corrected chi connectivity index (χ4v) is 4.20. The Bertz CT molecular complexity index is 1350. The lowest BCUT2D eigenvalue weighted by molar-refractivity contribution is 1.37. The van der Waals surface area contributed by atoms with E-state index >= 15 is 0 Å². The summed E-state index contributed by atoms with van der Waals surface area (Å²) in [4.78, 5) is 4.37. The second kappa shape index (κ2) is 4.21. The Labute approximate surface area is 138 Å². The van der Waals surface area contributed by atoms with Crippen LogP contribution in [0.1, 0.15) is 0 Å². The molecule has 110 valence electrons. The highest BCUT2D eigenvalue weighted by Gasteiger charge is 2.12. The third kappa shape index (κ3) is 1.42. The second-order valence-corrected chi connectivity index (χ2v) is 6.49. The monoisotopic (exact) mass is 303 g/mol. The normalized spacial score (nSPS) is 12.2. The number of hydrogen-bond acceptors (Lipinski definition) is 1. The van der Waals surface area contributed by atoms with Crippen LogP contribution in [0.2, 0.25) is 0 Å². The van der Waals surface area contributed by atoms with E-state index in [0.717, 1.165) is 0 Å². The number of benzene rings is 5. The molecule has 5 aromatic carbocycles. The van der Waals surface area contributed by atoms with Gasteiger partial charge in [0.15, 0.2) is 0 Å². The molecule has 1 heteroatoms. The van der Waals surface area contributed by atoms with Crippen molar-refractivity contribution in [3.8, 4) is 0 Å². The Kier molecular flexibility index (Phi) is 2.15. The minimum Gasteiger partial charge on any atom is -0.264 e. The Morgan fingerprint density at radius 2 is 1.21 bits per heavy atom. The summed E-state index contributed by atoms with van der Waals surface area (Å²) >= 11 is 0. The fourth-order valence-electron chi connectivity index (χ4n) is 4.20. The smallest absolute Gasteiger partial charge is 0.0352 e. The van der Waals surface area contributed by atoms with Crippen LogP contribution in [0, 0.1) is 0 Å². The zero-order valence-electron chi connectivity index (χ0n) is 13.0. The first kappa shape index (κ1) is 12.3. The first-order valence-corrected chi connectivity index (χ1v) is 8.23. The van der Waals surface area contributed by atoms with Crippen molar-refractivity contribution >= 4 is 53.9 Å². The topological polar surface area (TPSA) is 12.9 Å². The summed E-state index contributed by atoms with van der Waals surface area (Å²) in [6, 6.07) is 24.4. The third-order valence-electron chi connectivity index (χ3n) is 5.24. The molecule has 0 saturated carbocycles. The van der Waals surface area contributed by atoms with Gasteiger partial charge < -0.3 is 0 Å². The third-order valence-corrected chi connectivity index (χ3v) is 5.24. The van der Waals surface area contributed by atoms with Crippen LogP contribution in [-0.2, 0) is 0 Å². The van der Waals surface area contributed by atoms with E-state index in [1.54, 1.807) is 0 Å². The largest absolute Gasteiger partial charge is 0.264 e. The number of pyridine rings is 1. The molecule has 0 aliphatic carbocycles. The van der Waals surface area contributed by atoms with E-state index < -0.39 is 0 Å². The number of fused-ring (bicyclic) bond motifs is 4. The molecule has 0 spiro atoms. The van der Waals surface area contributed by atoms with Crippen LogP contribution >= 0.6 is 0 Å². The molecule has 24 heavy (non-hydrogen) atoms. The summed E-state index contributed by atoms with van der Waals surface area (Å²) < 4.78 is 0. The molecular weight excluding hydrogens is 290 g/mol. The molecule has 0 amide bonds. The van der Waals surface area contributed by atoms with E-state index in [9.17, 15) is 0 Å². The maximum absolute atomic E-state index is 4.37. The van der Waals surface area contributed by atoms with E-state index in [1.165, 1.54) is 53.9 Å². The average Bonchev–Trinajstić information content (AvgIpc) is 2.65. The maximum Gasteiger partial charge on any atom is 0.0352 e. The Hall–Kier alpha value is -3.19. The summed E-state index contributed by atoms with van der Waals surface area (Å²) in [6.45, 7) is 0. The van der Waals surface area contributed by atoms with Gasteiger partial charge in [0.1, 0.15) is 0 Å². The number of nitrogens with zero attached hydrogens (tertiary/aromatic N) is 1. The van der Waals surface area contributed by atoms with Crippen LogP contribution < -0.4 is 0 Å². The molecular formula is C23H13N. The van der Waals surface area contributed by atoms with Gasteiger partial charge in [0.05, 0.1) is 0 Å². The van der Waals surface area contributed by atoms with Gasteiger partial charge in [0.25, 0.3) is 0 Å². The first-order valence-electron chi connectivity index (χ1n) is 8.23. The summed E-state index contributed by atoms with van der Waals surface area (Å²) in [5.41, 5.74) is 0. The van der Waals surface area contributed by atoms with E-state index in [1.807, 2.05) is 12.4 Å². The lowest BCUT2D eigenvalue weighted by atomic mass is 9.89. The van der Waals surface area contributed by atoms with E-state index in [4.69, 9.17) is 0 Å². The van der Waals surface area contributed by atoms with Gasteiger partial charge in [-0.2, -0.15) is 0 Å². The van der Waals surface area contributed by atoms with Gasteiger partial charge in [-0.1, -0.05) is 54.6 Å². The van der Waals surface area contributed by atoms with Gasteiger partial charge in [0, 0.05) is 17.8 Å². The van der Waals surface area contributed by atoms with Gasteiger partial charge in [-0.25, -0.2) is 0 Å². The minimum absolute atomic E-state index is 1.23. The summed E-state index contributed by atoms with van der Waals surface area (Å²) in [7, 11) is 0. The number of rotatable bonds is 0. The van der Waals surface area contributed by atoms with Gasteiger partial charge in [-0.15, -0.1) is 0 Å². The highest BCUT2D eigenvalue weighted by atomic mass is 14.6. The molecule has 1 aromatic heterocycles. The van der Waals surface area contributed by atoms with Gasteiger partial charge >= 0.3 is 0 Å². The van der Waals surface area contributed by atoms with Crippen molar-refractivity contribution in [2.75, 3.05) is 0 Å². The SMILES string of the molecule is c1cc2ccc3cc4ccc5ccncc5c4c4ccc(c1)c2c34. The molecule has 0 atom stereocenters. The Morgan fingerprint density at radius 1 is 0.500 bits per heavy atom. The van der Waals surface area contributed by atoms with Crippen molar-refractivity contribution in [2.45, 2.75) is 0 Å². The first-order chi connectivity index (χ1) is 11.9. The number of hydrogen-bond donors (Lipinski definition) is 0. The maximum atomic E-state index is 4.37. The molecule has 0 N–H and O–H groups in total. The second-order valence-electron chi connectivity index (χ2n) is 6.49. The van der Waals surface area contributed by atoms with Gasteiger partial charge in [0.2, 0.25) is 0 Å². The molecule has 0 unspecified atom stereocenters. The van der Waals surface area contributed by atoms with E-state index in [2.05, 4.69) is 71.7 Å². The van der Waals surface area contributed by atoms with Crippen molar-refractivity contribution < 1.29 is 0 Å². The summed E-state index contributed by atoms with van der Waals surface area (Å²) in [5, 5.41) is 13.1. The van der Waals surface area contributed by atoms with Crippen LogP contribution in [0.25, 0.3) is 53.9 Å². The number of aromatic nitrogens is 1. The Morgan fingerprint density at radius 3 is 2.08 bits per heavy atom. The van der Waals surface area contributed by atoms with Crippen molar-refractivity contribution in [1.29, 1.82) is 0 Å². The standard InChI is InChI=1S/C23H13N/c1-2-15-5-7-18-12-17-6-4-14-10-11-24-13-20(14)22(17)19-9-8-16(3-1)21(15)23(18)19/h1-13H. The predicted molar refractivity (Wildman–Crippen MR) is 103 cm³/mol. The lowest BCUT2D eigenvalue weighted by Gasteiger charge is -2.14. The van der Waals surface area contributed by atoms with Crippen LogP contribution in [0.5, 0.6) is 0 Å². The van der Waals surface area contributed by atoms with Crippen molar-refractivity contribution in [3.63, 3.8) is 0 Å². The molecule has 1 heterocycles. The zero-order chi connectivity index (χ0) is 15.7. The highest BCUT2D eigenvalue weighted by Crippen LogP contribution is 2.40. The minimum atomic E-state index is 1.23. The van der Waals surface area contributed by atoms with Gasteiger partial charge in [-0.05, 0) is 60.6 Å². The summed E-state index contributed by atoms with van der Waals surface area (Å²) in [6.07, 6.45) is 3.86. The lowest BCUT2D eigenvalue weighted by Crippen LogP contribution is -1.87. The highest BCUT2D eigenvalue weighted by molar-refractivity contribution is 6.32. The zero-order valence-corrected chi connectivity index (χ0v) is 13.0. The molecule has 0 fully saturated rings. The van der Waals surface area contributed by atoms with Crippen molar-refractivity contribution in [1.82, 2.24) is 4.98 Å². The van der Waals surface area contributed by atoms with Crippen LogP contribution in [0.4, 0.5) is 0 Å². The Balaban J connectivity index is 2.03.